The second-order valence-corrected chi connectivity index (χ2v) is 4.80. The average Bonchev–Trinajstić information content (AvgIpc) is 2.29. The van der Waals surface area contributed by atoms with E-state index in [0.717, 1.165) is 0 Å². The second-order valence-electron chi connectivity index (χ2n) is 4.80. The van der Waals surface area contributed by atoms with Crippen LogP contribution in [0.4, 0.5) is 0 Å². The lowest BCUT2D eigenvalue weighted by molar-refractivity contribution is 0.139. The van der Waals surface area contributed by atoms with E-state index in [9.17, 15) is 0 Å². The van der Waals surface area contributed by atoms with Gasteiger partial charge in [0.25, 0.3) is 0 Å². The Morgan fingerprint density at radius 2 is 1.21 bits per heavy atom. The lowest BCUT2D eigenvalue weighted by atomic mass is 9.74. The molecule has 0 saturated carbocycles. The molecular formula is C13H26N. The van der Waals surface area contributed by atoms with Crippen molar-refractivity contribution in [3.63, 3.8) is 0 Å². The van der Waals surface area contributed by atoms with E-state index in [1.807, 2.05) is 0 Å². The number of piperidine rings is 1. The van der Waals surface area contributed by atoms with Gasteiger partial charge in [-0.1, -0.05) is 27.7 Å². The predicted molar refractivity (Wildman–Crippen MR) is 63.3 cm³/mol. The van der Waals surface area contributed by atoms with Crippen molar-refractivity contribution in [2.45, 2.75) is 77.3 Å². The van der Waals surface area contributed by atoms with E-state index in [0.29, 0.717) is 11.1 Å². The normalized spacial score (nSPS) is 24.9. The summed E-state index contributed by atoms with van der Waals surface area (Å²) in [7, 11) is 0. The summed E-state index contributed by atoms with van der Waals surface area (Å²) >= 11 is 0. The Kier molecular flexibility index (Phi) is 4.00. The third-order valence-electron chi connectivity index (χ3n) is 4.31. The molecule has 0 amide bonds. The van der Waals surface area contributed by atoms with E-state index in [4.69, 9.17) is 0 Å². The molecule has 1 heterocycles. The van der Waals surface area contributed by atoms with Crippen molar-refractivity contribution in [3.05, 3.63) is 6.42 Å². The molecule has 1 saturated heterocycles. The van der Waals surface area contributed by atoms with E-state index in [1.54, 1.807) is 0 Å². The van der Waals surface area contributed by atoms with Crippen molar-refractivity contribution in [1.29, 1.82) is 0 Å². The van der Waals surface area contributed by atoms with Crippen LogP contribution in [0.15, 0.2) is 0 Å². The summed E-state index contributed by atoms with van der Waals surface area (Å²) in [5.74, 6) is 0. The summed E-state index contributed by atoms with van der Waals surface area (Å²) in [4.78, 5) is 0. The Morgan fingerprint density at radius 3 is 1.50 bits per heavy atom. The maximum Gasteiger partial charge on any atom is 0.0184 e. The van der Waals surface area contributed by atoms with Crippen LogP contribution in [-0.4, -0.2) is 11.1 Å². The summed E-state index contributed by atoms with van der Waals surface area (Å²) in [6.07, 6.45) is 10.0. The van der Waals surface area contributed by atoms with Gasteiger partial charge in [-0.15, -0.1) is 0 Å². The van der Waals surface area contributed by atoms with Gasteiger partial charge in [-0.3, -0.25) is 0 Å². The highest BCUT2D eigenvalue weighted by Gasteiger charge is 2.39. The van der Waals surface area contributed by atoms with Crippen LogP contribution in [0.1, 0.15) is 66.2 Å². The van der Waals surface area contributed by atoms with Gasteiger partial charge in [-0.05, 0) is 44.9 Å². The lowest BCUT2D eigenvalue weighted by Crippen LogP contribution is -2.60. The number of rotatable bonds is 4. The largest absolute Gasteiger partial charge is 0.306 e. The minimum atomic E-state index is 0.393. The van der Waals surface area contributed by atoms with E-state index in [1.165, 1.54) is 38.5 Å². The smallest absolute Gasteiger partial charge is 0.0184 e. The molecule has 1 aliphatic heterocycles. The van der Waals surface area contributed by atoms with Gasteiger partial charge >= 0.3 is 0 Å². The molecule has 0 spiro atoms. The summed E-state index contributed by atoms with van der Waals surface area (Å²) in [6.45, 7) is 9.24. The highest BCUT2D eigenvalue weighted by molar-refractivity contribution is 5.06. The topological polar surface area (TPSA) is 12.0 Å². The zero-order valence-electron chi connectivity index (χ0n) is 10.3. The molecule has 0 atom stereocenters. The zero-order valence-corrected chi connectivity index (χ0v) is 10.3. The van der Waals surface area contributed by atoms with E-state index >= 15 is 0 Å². The van der Waals surface area contributed by atoms with Crippen LogP contribution >= 0.6 is 0 Å². The number of hydrogen-bond donors (Lipinski definition) is 1. The number of nitrogens with one attached hydrogen (secondary N) is 1. The van der Waals surface area contributed by atoms with Crippen LogP contribution < -0.4 is 5.32 Å². The second kappa shape index (κ2) is 4.65. The molecule has 1 nitrogen and oxygen atoms in total. The minimum Gasteiger partial charge on any atom is -0.306 e. The third kappa shape index (κ3) is 2.13. The quantitative estimate of drug-likeness (QED) is 0.723. The molecule has 1 radical (unpaired) electrons. The molecule has 1 heteroatoms. The van der Waals surface area contributed by atoms with Crippen molar-refractivity contribution < 1.29 is 0 Å². The fourth-order valence-corrected chi connectivity index (χ4v) is 2.72. The highest BCUT2D eigenvalue weighted by Crippen LogP contribution is 2.36. The van der Waals surface area contributed by atoms with E-state index in [-0.39, 0.29) is 0 Å². The molecule has 1 aliphatic rings. The maximum absolute atomic E-state index is 3.95. The van der Waals surface area contributed by atoms with E-state index in [2.05, 4.69) is 39.4 Å². The van der Waals surface area contributed by atoms with Gasteiger partial charge in [0.1, 0.15) is 0 Å². The van der Waals surface area contributed by atoms with Crippen LogP contribution in [0.3, 0.4) is 0 Å². The Balaban J connectivity index is 2.75. The van der Waals surface area contributed by atoms with Gasteiger partial charge in [0.05, 0.1) is 0 Å². The van der Waals surface area contributed by atoms with Gasteiger partial charge in [0.2, 0.25) is 0 Å². The average molecular weight is 196 g/mol. The van der Waals surface area contributed by atoms with Crippen LogP contribution in [0.2, 0.25) is 0 Å². The molecule has 0 aromatic carbocycles. The maximum atomic E-state index is 3.95. The first-order valence-electron chi connectivity index (χ1n) is 6.27. The molecule has 0 bridgehead atoms. The standard InChI is InChI=1S/C13H26N/c1-5-12(6-2)10-9-11-13(7-3,8-4)14-12/h9,14H,5-8,10-11H2,1-4H3. The lowest BCUT2D eigenvalue weighted by Gasteiger charge is -2.49. The Morgan fingerprint density at radius 1 is 0.857 bits per heavy atom. The van der Waals surface area contributed by atoms with Crippen molar-refractivity contribution in [3.8, 4) is 0 Å². The Bertz CT molecular complexity index is 148. The van der Waals surface area contributed by atoms with Crippen molar-refractivity contribution >= 4 is 0 Å². The first-order valence-corrected chi connectivity index (χ1v) is 6.27. The molecule has 1 fully saturated rings. The summed E-state index contributed by atoms with van der Waals surface area (Å²) in [5.41, 5.74) is 0.786. The van der Waals surface area contributed by atoms with Crippen molar-refractivity contribution in [2.75, 3.05) is 0 Å². The van der Waals surface area contributed by atoms with Crippen molar-refractivity contribution in [1.82, 2.24) is 5.32 Å². The SMILES string of the molecule is CCC1(CC)C[CH]CC(CC)(CC)N1. The van der Waals surface area contributed by atoms with E-state index < -0.39 is 0 Å². The highest BCUT2D eigenvalue weighted by atomic mass is 15.1. The number of hydrogen-bond acceptors (Lipinski definition) is 1. The molecule has 1 N–H and O–H groups in total. The monoisotopic (exact) mass is 196 g/mol. The first-order chi connectivity index (χ1) is 6.66. The first kappa shape index (κ1) is 12.0. The molecular weight excluding hydrogens is 170 g/mol. The molecule has 1 rings (SSSR count). The molecule has 14 heavy (non-hydrogen) atoms. The van der Waals surface area contributed by atoms with Crippen LogP contribution in [0.25, 0.3) is 0 Å². The molecule has 0 unspecified atom stereocenters. The fraction of sp³-hybridized carbons (Fsp3) is 0.923. The van der Waals surface area contributed by atoms with Gasteiger partial charge in [-0.2, -0.15) is 0 Å². The predicted octanol–water partition coefficient (Wildman–Crippen LogP) is 3.69. The fourth-order valence-electron chi connectivity index (χ4n) is 2.72. The Labute approximate surface area is 89.7 Å². The van der Waals surface area contributed by atoms with Gasteiger partial charge in [0, 0.05) is 11.1 Å². The van der Waals surface area contributed by atoms with Crippen molar-refractivity contribution in [2.24, 2.45) is 0 Å². The summed E-state index contributed by atoms with van der Waals surface area (Å²) < 4.78 is 0. The van der Waals surface area contributed by atoms with Gasteiger partial charge in [0.15, 0.2) is 0 Å². The summed E-state index contributed by atoms with van der Waals surface area (Å²) in [5, 5.41) is 3.95. The third-order valence-corrected chi connectivity index (χ3v) is 4.31. The molecule has 83 valence electrons. The minimum absolute atomic E-state index is 0.393. The van der Waals surface area contributed by atoms with Crippen LogP contribution in [0.5, 0.6) is 0 Å². The molecule has 0 aromatic rings. The van der Waals surface area contributed by atoms with Crippen LogP contribution in [0, 0.1) is 6.42 Å². The van der Waals surface area contributed by atoms with Gasteiger partial charge < -0.3 is 5.32 Å². The molecule has 0 aromatic heterocycles. The summed E-state index contributed by atoms with van der Waals surface area (Å²) in [6, 6.07) is 0. The zero-order chi connectivity index (χ0) is 10.7. The van der Waals surface area contributed by atoms with Gasteiger partial charge in [-0.25, -0.2) is 0 Å². The molecule has 0 aliphatic carbocycles. The van der Waals surface area contributed by atoms with Crippen LogP contribution in [-0.2, 0) is 0 Å². The Hall–Kier alpha value is -0.0400.